The fourth-order valence-electron chi connectivity index (χ4n) is 11.0. The van der Waals surface area contributed by atoms with Crippen LogP contribution in [0, 0.1) is 0 Å². The quantitative estimate of drug-likeness (QED) is 0.0722. The van der Waals surface area contributed by atoms with Crippen LogP contribution in [0.5, 0.6) is 5.75 Å². The Labute approximate surface area is 374 Å². The van der Waals surface area contributed by atoms with Crippen molar-refractivity contribution in [1.29, 1.82) is 0 Å². The summed E-state index contributed by atoms with van der Waals surface area (Å²) in [5.74, 6) is 0.274. The number of hydrogen-bond acceptors (Lipinski definition) is 7. The Bertz CT molecular complexity index is 3330. The van der Waals surface area contributed by atoms with Crippen LogP contribution in [0.15, 0.2) is 60.8 Å². The van der Waals surface area contributed by atoms with Crippen LogP contribution >= 0.6 is 0 Å². The summed E-state index contributed by atoms with van der Waals surface area (Å²) in [5, 5.41) is 7.36. The zero-order valence-electron chi connectivity index (χ0n) is 38.4. The molecule has 0 fully saturated rings. The van der Waals surface area contributed by atoms with Crippen molar-refractivity contribution >= 4 is 55.9 Å². The van der Waals surface area contributed by atoms with Gasteiger partial charge in [0.25, 0.3) is 0 Å². The average molecular weight is 882 g/mol. The number of nitrogens with one attached hydrogen (secondary N) is 5. The number of ether oxygens (including phenoxy) is 1. The summed E-state index contributed by atoms with van der Waals surface area (Å²) in [6.45, 7) is 17.6. The molecule has 0 radical (unpaired) electrons. The van der Waals surface area contributed by atoms with Crippen LogP contribution in [0.4, 0.5) is 5.69 Å². The van der Waals surface area contributed by atoms with Gasteiger partial charge in [-0.15, -0.1) is 0 Å². The summed E-state index contributed by atoms with van der Waals surface area (Å²) in [6, 6.07) is 8.45. The predicted molar refractivity (Wildman–Crippen MR) is 257 cm³/mol. The van der Waals surface area contributed by atoms with Gasteiger partial charge in [0.15, 0.2) is 11.2 Å². The number of methoxy groups -OCH3 is 1. The second-order valence-electron chi connectivity index (χ2n) is 17.0. The van der Waals surface area contributed by atoms with Crippen LogP contribution in [-0.2, 0) is 60.5 Å². The molecule has 0 unspecified atom stereocenters. The van der Waals surface area contributed by atoms with Gasteiger partial charge in [-0.1, -0.05) is 55.4 Å². The minimum Gasteiger partial charge on any atom is -0.490 e. The molecule has 334 valence electrons. The summed E-state index contributed by atoms with van der Waals surface area (Å²) in [7, 11) is -2.70. The second-order valence-corrected chi connectivity index (χ2v) is 18.7. The highest BCUT2D eigenvalue weighted by Gasteiger charge is 2.43. The van der Waals surface area contributed by atoms with E-state index in [-0.39, 0.29) is 22.8 Å². The predicted octanol–water partition coefficient (Wildman–Crippen LogP) is 9.55. The van der Waals surface area contributed by atoms with E-state index in [0.717, 1.165) is 113 Å². The molecule has 5 aromatic heterocycles. The first kappa shape index (κ1) is 43.3. The van der Waals surface area contributed by atoms with Crippen LogP contribution in [0.3, 0.4) is 0 Å². The van der Waals surface area contributed by atoms with Gasteiger partial charge in [-0.3, -0.25) is 0 Å². The lowest BCUT2D eigenvalue weighted by Crippen LogP contribution is -2.26. The van der Waals surface area contributed by atoms with Gasteiger partial charge in [0.2, 0.25) is 15.8 Å². The van der Waals surface area contributed by atoms with Gasteiger partial charge in [-0.2, -0.15) is 0 Å². The Balaban J connectivity index is 1.32. The van der Waals surface area contributed by atoms with Gasteiger partial charge in [0.05, 0.1) is 29.6 Å². The number of furan rings is 1. The number of aromatic amines is 3. The zero-order chi connectivity index (χ0) is 45.2. The molecule has 0 saturated heterocycles. The van der Waals surface area contributed by atoms with Crippen molar-refractivity contribution < 1.29 is 22.0 Å². The molecule has 11 nitrogen and oxygen atoms in total. The van der Waals surface area contributed by atoms with Crippen molar-refractivity contribution in [3.05, 3.63) is 125 Å². The molecule has 5 N–H and O–H groups in total. The lowest BCUT2D eigenvalue weighted by Gasteiger charge is -2.29. The topological polar surface area (TPSA) is 158 Å². The standard InChI is InChI=1S/C52H59N5O6S/c1-10-29-30(11-2)42-25-43-33(14-5)34(15-6)47(56-43)37-22-28(64(59,60)53-27-38-35-18-19-46(58)63-50(35)51(61-9)49-36(38)20-21-62-49)23-39-48(37)57-45(52(39,16-7)17-8)26-44-32(13-4)31(12-3)41(55-44)24-40(29)54-42/h18-26,53-57H,10-17,27H2,1-9H3. The van der Waals surface area contributed by atoms with Crippen molar-refractivity contribution in [3.63, 3.8) is 0 Å². The lowest BCUT2D eigenvalue weighted by molar-refractivity contribution is 0.402. The number of anilines is 1. The van der Waals surface area contributed by atoms with Gasteiger partial charge in [-0.25, -0.2) is 17.9 Å². The Hall–Kier alpha value is -5.98. The van der Waals surface area contributed by atoms with E-state index in [0.29, 0.717) is 21.9 Å². The average Bonchev–Trinajstić information content (AvgIpc) is 4.12. The minimum atomic E-state index is -4.18. The highest BCUT2D eigenvalue weighted by atomic mass is 32.2. The van der Waals surface area contributed by atoms with E-state index in [4.69, 9.17) is 13.6 Å². The van der Waals surface area contributed by atoms with Crippen molar-refractivity contribution in [3.8, 4) is 17.0 Å². The van der Waals surface area contributed by atoms with Crippen molar-refractivity contribution in [2.75, 3.05) is 12.4 Å². The first-order valence-electron chi connectivity index (χ1n) is 23.0. The monoisotopic (exact) mass is 881 g/mol. The molecule has 64 heavy (non-hydrogen) atoms. The molecule has 2 aromatic carbocycles. The fraction of sp³-hybridized carbons (Fsp3) is 0.365. The minimum absolute atomic E-state index is 0.0969. The molecule has 0 atom stereocenters. The van der Waals surface area contributed by atoms with Crippen molar-refractivity contribution in [2.45, 2.75) is 124 Å². The van der Waals surface area contributed by atoms with Crippen molar-refractivity contribution in [1.82, 2.24) is 19.7 Å². The second kappa shape index (κ2) is 16.5. The normalized spacial score (nSPS) is 14.2. The number of allylic oxidation sites excluding steroid dienone is 1. The van der Waals surface area contributed by atoms with Crippen LogP contribution in [-0.4, -0.2) is 30.5 Å². The smallest absolute Gasteiger partial charge is 0.336 e. The fourth-order valence-corrected chi connectivity index (χ4v) is 12.1. The first-order chi connectivity index (χ1) is 30.9. The number of aromatic nitrogens is 3. The molecule has 7 heterocycles. The Morgan fingerprint density at radius 3 is 1.88 bits per heavy atom. The molecule has 0 aliphatic carbocycles. The SMILES string of the molecule is CCc1c2[nH]c(c1CC)C=c1[nH]c(c(CC)c1CC)=Cc1[nH]c(c(CC)c1CC)-c1cc(S(=O)(=O)NCc3c4ccoc4c(OC)c4oc(=O)ccc34)cc3c1NC(=C2)C3(CC)CC. The molecule has 12 heteroatoms. The number of fused-ring (bicyclic) bond motifs is 10. The zero-order valence-corrected chi connectivity index (χ0v) is 39.2. The highest BCUT2D eigenvalue weighted by Crippen LogP contribution is 2.54. The van der Waals surface area contributed by atoms with E-state index in [2.05, 4.69) is 98.6 Å². The van der Waals surface area contributed by atoms with Gasteiger partial charge in [-0.05, 0) is 138 Å². The van der Waals surface area contributed by atoms with Crippen LogP contribution in [0.1, 0.15) is 130 Å². The number of benzene rings is 2. The third-order valence-electron chi connectivity index (χ3n) is 14.2. The van der Waals surface area contributed by atoms with Gasteiger partial charge in [0.1, 0.15) is 0 Å². The third kappa shape index (κ3) is 6.54. The van der Waals surface area contributed by atoms with Gasteiger partial charge in [0, 0.05) is 67.8 Å². The molecule has 9 rings (SSSR count). The molecular formula is C52H59N5O6S. The van der Waals surface area contributed by atoms with Gasteiger partial charge >= 0.3 is 5.63 Å². The molecule has 8 bridgehead atoms. The van der Waals surface area contributed by atoms with E-state index in [1.807, 2.05) is 12.1 Å². The van der Waals surface area contributed by atoms with Crippen LogP contribution in [0.2, 0.25) is 0 Å². The maximum Gasteiger partial charge on any atom is 0.336 e. The van der Waals surface area contributed by atoms with E-state index in [1.165, 1.54) is 47.3 Å². The summed E-state index contributed by atoms with van der Waals surface area (Å²) < 4.78 is 50.1. The highest BCUT2D eigenvalue weighted by molar-refractivity contribution is 7.89. The summed E-state index contributed by atoms with van der Waals surface area (Å²) in [6.07, 6.45) is 14.9. The molecule has 0 saturated carbocycles. The molecular weight excluding hydrogens is 823 g/mol. The Morgan fingerprint density at radius 1 is 0.672 bits per heavy atom. The molecule has 2 aliphatic heterocycles. The van der Waals surface area contributed by atoms with E-state index < -0.39 is 21.1 Å². The molecule has 0 amide bonds. The first-order valence-corrected chi connectivity index (χ1v) is 24.5. The molecule has 2 aliphatic rings. The number of rotatable bonds is 13. The summed E-state index contributed by atoms with van der Waals surface area (Å²) in [4.78, 5) is 24.2. The molecule has 7 aromatic rings. The van der Waals surface area contributed by atoms with Gasteiger partial charge < -0.3 is 33.8 Å². The maximum atomic E-state index is 15.0. The van der Waals surface area contributed by atoms with Crippen LogP contribution in [0.25, 0.3) is 51.4 Å². The number of sulfonamides is 1. The van der Waals surface area contributed by atoms with E-state index in [9.17, 15) is 4.79 Å². The summed E-state index contributed by atoms with van der Waals surface area (Å²) >= 11 is 0. The van der Waals surface area contributed by atoms with Crippen molar-refractivity contribution in [2.24, 2.45) is 0 Å². The Morgan fingerprint density at radius 2 is 1.27 bits per heavy atom. The number of H-pyrrole nitrogens is 3. The van der Waals surface area contributed by atoms with Crippen LogP contribution < -0.4 is 31.1 Å². The maximum absolute atomic E-state index is 15.0. The largest absolute Gasteiger partial charge is 0.490 e. The van der Waals surface area contributed by atoms with E-state index in [1.54, 1.807) is 12.1 Å². The molecule has 0 spiro atoms. The third-order valence-corrected chi connectivity index (χ3v) is 15.6. The lowest BCUT2D eigenvalue weighted by atomic mass is 9.74. The van der Waals surface area contributed by atoms with E-state index >= 15 is 8.42 Å². The summed E-state index contributed by atoms with van der Waals surface area (Å²) in [5.41, 5.74) is 15.5. The number of hydrogen-bond donors (Lipinski definition) is 5. The Kier molecular flexibility index (Phi) is 11.2.